The van der Waals surface area contributed by atoms with Gasteiger partial charge in [-0.3, -0.25) is 4.79 Å². The summed E-state index contributed by atoms with van der Waals surface area (Å²) in [6.07, 6.45) is -10.5. The highest BCUT2D eigenvalue weighted by Crippen LogP contribution is 2.44. The number of aromatic hydroxyl groups is 2. The quantitative estimate of drug-likeness (QED) is 0.101. The molecule has 5 rings (SSSR count). The van der Waals surface area contributed by atoms with Crippen molar-refractivity contribution in [1.82, 2.24) is 0 Å². The van der Waals surface area contributed by atoms with Crippen LogP contribution in [-0.4, -0.2) is 112 Å². The Labute approximate surface area is 278 Å². The SMILES string of the molecule is COc1cc([C@@H](O)[C@@H](CO)Oc2c(OC)cc(-c3cc(=O)c4c(O)cc(O[C@@H]5O[C@H](CO)[C@@H](O)[C@H](O)[C@H]5O)cc4o3)cc2OC)ccc1O. The summed E-state index contributed by atoms with van der Waals surface area (Å²) in [6, 6.07) is 10.5. The number of benzene rings is 3. The van der Waals surface area contributed by atoms with E-state index in [2.05, 4.69) is 0 Å². The zero-order valence-electron chi connectivity index (χ0n) is 26.4. The zero-order chi connectivity index (χ0) is 35.6. The van der Waals surface area contributed by atoms with E-state index < -0.39 is 67.3 Å². The summed E-state index contributed by atoms with van der Waals surface area (Å²) in [7, 11) is 4.01. The number of aliphatic hydroxyl groups is 6. The van der Waals surface area contributed by atoms with Gasteiger partial charge in [-0.25, -0.2) is 0 Å². The van der Waals surface area contributed by atoms with Crippen LogP contribution in [0.4, 0.5) is 0 Å². The third-order valence-corrected chi connectivity index (χ3v) is 7.98. The third kappa shape index (κ3) is 7.02. The molecule has 2 heterocycles. The van der Waals surface area contributed by atoms with Crippen LogP contribution in [0.1, 0.15) is 11.7 Å². The van der Waals surface area contributed by atoms with Gasteiger partial charge in [-0.2, -0.15) is 0 Å². The van der Waals surface area contributed by atoms with E-state index in [0.29, 0.717) is 0 Å². The molecule has 0 bridgehead atoms. The highest BCUT2D eigenvalue weighted by Gasteiger charge is 2.44. The lowest BCUT2D eigenvalue weighted by Crippen LogP contribution is -2.60. The Morgan fingerprint density at radius 3 is 2.10 bits per heavy atom. The van der Waals surface area contributed by atoms with Gasteiger partial charge in [-0.15, -0.1) is 0 Å². The van der Waals surface area contributed by atoms with Crippen LogP contribution in [0, 0.1) is 0 Å². The van der Waals surface area contributed by atoms with Crippen molar-refractivity contribution in [3.05, 3.63) is 64.3 Å². The van der Waals surface area contributed by atoms with E-state index in [9.17, 15) is 45.6 Å². The van der Waals surface area contributed by atoms with E-state index in [-0.39, 0.29) is 62.4 Å². The van der Waals surface area contributed by atoms with Crippen LogP contribution in [0.15, 0.2) is 57.7 Å². The molecule has 0 radical (unpaired) electrons. The average Bonchev–Trinajstić information content (AvgIpc) is 3.10. The molecule has 0 saturated carbocycles. The van der Waals surface area contributed by atoms with Gasteiger partial charge in [0.25, 0.3) is 0 Å². The fraction of sp³-hybridized carbons (Fsp3) is 0.364. The van der Waals surface area contributed by atoms with Gasteiger partial charge in [0.1, 0.15) is 58.7 Å². The van der Waals surface area contributed by atoms with Crippen LogP contribution >= 0.6 is 0 Å². The molecule has 1 saturated heterocycles. The van der Waals surface area contributed by atoms with Crippen LogP contribution in [0.3, 0.4) is 0 Å². The molecule has 264 valence electrons. The smallest absolute Gasteiger partial charge is 0.229 e. The van der Waals surface area contributed by atoms with Crippen molar-refractivity contribution in [2.75, 3.05) is 34.5 Å². The van der Waals surface area contributed by atoms with E-state index >= 15 is 0 Å². The zero-order valence-corrected chi connectivity index (χ0v) is 26.4. The Kier molecular flexibility index (Phi) is 10.7. The first-order chi connectivity index (χ1) is 23.4. The Morgan fingerprint density at radius 1 is 0.816 bits per heavy atom. The lowest BCUT2D eigenvalue weighted by molar-refractivity contribution is -0.277. The highest BCUT2D eigenvalue weighted by molar-refractivity contribution is 5.86. The highest BCUT2D eigenvalue weighted by atomic mass is 16.7. The maximum atomic E-state index is 13.2. The predicted molar refractivity (Wildman–Crippen MR) is 168 cm³/mol. The van der Waals surface area contributed by atoms with Gasteiger partial charge in [-0.1, -0.05) is 6.07 Å². The van der Waals surface area contributed by atoms with E-state index in [1.54, 1.807) is 0 Å². The number of hydrogen-bond acceptors (Lipinski definition) is 16. The summed E-state index contributed by atoms with van der Waals surface area (Å²) in [4.78, 5) is 13.2. The molecule has 1 aliphatic heterocycles. The fourth-order valence-electron chi connectivity index (χ4n) is 5.34. The van der Waals surface area contributed by atoms with Crippen molar-refractivity contribution < 1.29 is 73.7 Å². The number of ether oxygens (including phenoxy) is 6. The lowest BCUT2D eigenvalue weighted by atomic mass is 9.99. The van der Waals surface area contributed by atoms with Gasteiger partial charge in [0.2, 0.25) is 12.0 Å². The summed E-state index contributed by atoms with van der Waals surface area (Å²) in [6.45, 7) is -1.33. The van der Waals surface area contributed by atoms with E-state index in [0.717, 1.165) is 12.1 Å². The molecule has 1 fully saturated rings. The monoisotopic (exact) mass is 688 g/mol. The van der Waals surface area contributed by atoms with Crippen LogP contribution in [0.5, 0.6) is 40.2 Å². The summed E-state index contributed by atoms with van der Waals surface area (Å²) < 4.78 is 39.1. The Bertz CT molecular complexity index is 1810. The Hall–Kier alpha value is -4.81. The maximum Gasteiger partial charge on any atom is 0.229 e. The number of hydrogen-bond donors (Lipinski definition) is 8. The third-order valence-electron chi connectivity index (χ3n) is 7.98. The molecule has 3 aromatic carbocycles. The minimum Gasteiger partial charge on any atom is -0.507 e. The molecular formula is C33H36O16. The van der Waals surface area contributed by atoms with Gasteiger partial charge in [0.05, 0.1) is 34.5 Å². The molecule has 0 unspecified atom stereocenters. The molecule has 1 aliphatic rings. The minimum atomic E-state index is -1.73. The van der Waals surface area contributed by atoms with E-state index in [1.807, 2.05) is 0 Å². The molecule has 0 amide bonds. The number of phenols is 2. The summed E-state index contributed by atoms with van der Waals surface area (Å²) >= 11 is 0. The molecular weight excluding hydrogens is 652 g/mol. The van der Waals surface area contributed by atoms with Gasteiger partial charge >= 0.3 is 0 Å². The van der Waals surface area contributed by atoms with Crippen molar-refractivity contribution >= 4 is 11.0 Å². The molecule has 16 nitrogen and oxygen atoms in total. The molecule has 7 atom stereocenters. The van der Waals surface area contributed by atoms with Gasteiger partial charge in [-0.05, 0) is 29.8 Å². The molecule has 8 N–H and O–H groups in total. The van der Waals surface area contributed by atoms with Crippen molar-refractivity contribution in [1.29, 1.82) is 0 Å². The number of phenolic OH excluding ortho intramolecular Hbond substituents is 2. The molecule has 1 aromatic heterocycles. The second-order valence-electron chi connectivity index (χ2n) is 11.0. The second-order valence-corrected chi connectivity index (χ2v) is 11.0. The summed E-state index contributed by atoms with van der Waals surface area (Å²) in [5, 5.41) is 81.5. The van der Waals surface area contributed by atoms with Crippen molar-refractivity contribution in [2.24, 2.45) is 0 Å². The normalized spacial score (nSPS) is 21.9. The Balaban J connectivity index is 1.48. The van der Waals surface area contributed by atoms with E-state index in [1.165, 1.54) is 57.7 Å². The Morgan fingerprint density at radius 2 is 1.49 bits per heavy atom. The largest absolute Gasteiger partial charge is 0.507 e. The predicted octanol–water partition coefficient (Wildman–Crippen LogP) is 0.549. The lowest BCUT2D eigenvalue weighted by Gasteiger charge is -2.39. The summed E-state index contributed by atoms with van der Waals surface area (Å²) in [5.41, 5.74) is -0.254. The standard InChI is InChI=1S/C33H36O16/c1-43-21-6-14(4-5-17(21)36)28(39)25(12-34)48-32-23(44-2)7-15(8-24(32)45-3)20-11-19(38)27-18(37)9-16(10-22(27)47-20)46-33-31(42)30(41)29(40)26(13-35)49-33/h4-11,25-26,28-31,33-37,39-42H,12-13H2,1-3H3/t25-,26-,28-,29-,30+,31-,33-/m1/s1. The molecule has 16 heteroatoms. The number of aliphatic hydroxyl groups excluding tert-OH is 6. The van der Waals surface area contributed by atoms with Crippen molar-refractivity contribution in [3.63, 3.8) is 0 Å². The van der Waals surface area contributed by atoms with Crippen molar-refractivity contribution in [2.45, 2.75) is 42.9 Å². The van der Waals surface area contributed by atoms with Crippen molar-refractivity contribution in [3.8, 4) is 51.6 Å². The van der Waals surface area contributed by atoms with Crippen LogP contribution in [-0.2, 0) is 4.74 Å². The average molecular weight is 689 g/mol. The first-order valence-corrected chi connectivity index (χ1v) is 14.8. The fourth-order valence-corrected chi connectivity index (χ4v) is 5.34. The van der Waals surface area contributed by atoms with Gasteiger partial charge < -0.3 is 73.7 Å². The topological polar surface area (TPSA) is 247 Å². The first-order valence-electron chi connectivity index (χ1n) is 14.8. The molecule has 49 heavy (non-hydrogen) atoms. The number of fused-ring (bicyclic) bond motifs is 1. The number of methoxy groups -OCH3 is 3. The van der Waals surface area contributed by atoms with Crippen LogP contribution < -0.4 is 29.1 Å². The molecule has 4 aromatic rings. The molecule has 0 spiro atoms. The molecule has 0 aliphatic carbocycles. The van der Waals surface area contributed by atoms with Crippen LogP contribution in [0.25, 0.3) is 22.3 Å². The summed E-state index contributed by atoms with van der Waals surface area (Å²) in [5.74, 6) is -0.613. The van der Waals surface area contributed by atoms with Gasteiger partial charge in [0.15, 0.2) is 34.5 Å². The van der Waals surface area contributed by atoms with E-state index in [4.69, 9.17) is 32.8 Å². The number of rotatable bonds is 12. The first kappa shape index (κ1) is 35.5. The second kappa shape index (κ2) is 14.8. The van der Waals surface area contributed by atoms with Crippen LogP contribution in [0.2, 0.25) is 0 Å². The minimum absolute atomic E-state index is 0.00594. The van der Waals surface area contributed by atoms with Gasteiger partial charge in [0, 0.05) is 23.8 Å². The maximum absolute atomic E-state index is 13.2.